The Hall–Kier alpha value is -1.19. The molecule has 1 fully saturated rings. The minimum Gasteiger partial charge on any atom is -0.352 e. The molecule has 0 bridgehead atoms. The number of alkyl halides is 1. The molecule has 15 heavy (non-hydrogen) atoms. The van der Waals surface area contributed by atoms with Crippen molar-refractivity contribution in [3.05, 3.63) is 18.1 Å². The normalized spacial score (nSPS) is 25.5. The van der Waals surface area contributed by atoms with Crippen molar-refractivity contribution in [2.75, 3.05) is 11.9 Å². The predicted octanol–water partition coefficient (Wildman–Crippen LogP) is 2.11. The second kappa shape index (κ2) is 4.13. The van der Waals surface area contributed by atoms with E-state index >= 15 is 0 Å². The SMILES string of the molecule is Cc1cncc(N(C)C2CCCC2F)n1. The molecule has 2 atom stereocenters. The zero-order valence-electron chi connectivity index (χ0n) is 9.15. The summed E-state index contributed by atoms with van der Waals surface area (Å²) < 4.78 is 13.5. The van der Waals surface area contributed by atoms with Crippen molar-refractivity contribution in [2.45, 2.75) is 38.4 Å². The summed E-state index contributed by atoms with van der Waals surface area (Å²) in [6.45, 7) is 1.89. The third kappa shape index (κ3) is 2.08. The van der Waals surface area contributed by atoms with Gasteiger partial charge in [-0.2, -0.15) is 0 Å². The standard InChI is InChI=1S/C11H16FN3/c1-8-6-13-7-11(14-8)15(2)10-5-3-4-9(10)12/h6-7,9-10H,3-5H2,1-2H3. The Labute approximate surface area is 89.3 Å². The van der Waals surface area contributed by atoms with Gasteiger partial charge in [-0.1, -0.05) is 0 Å². The minimum atomic E-state index is -0.725. The van der Waals surface area contributed by atoms with Crippen LogP contribution in [0.1, 0.15) is 25.0 Å². The van der Waals surface area contributed by atoms with Crippen LogP contribution in [0.5, 0.6) is 0 Å². The third-order valence-electron chi connectivity index (χ3n) is 3.00. The highest BCUT2D eigenvalue weighted by Gasteiger charge is 2.30. The van der Waals surface area contributed by atoms with E-state index < -0.39 is 6.17 Å². The molecule has 0 radical (unpaired) electrons. The second-order valence-electron chi connectivity index (χ2n) is 4.14. The van der Waals surface area contributed by atoms with E-state index in [1.807, 2.05) is 18.9 Å². The van der Waals surface area contributed by atoms with Gasteiger partial charge in [-0.05, 0) is 26.2 Å². The molecule has 1 aromatic heterocycles. The maximum atomic E-state index is 13.5. The Kier molecular flexibility index (Phi) is 2.84. The van der Waals surface area contributed by atoms with E-state index in [4.69, 9.17) is 0 Å². The van der Waals surface area contributed by atoms with Gasteiger partial charge in [0, 0.05) is 13.2 Å². The van der Waals surface area contributed by atoms with E-state index in [-0.39, 0.29) is 6.04 Å². The molecule has 1 saturated carbocycles. The van der Waals surface area contributed by atoms with Crippen molar-refractivity contribution in [3.63, 3.8) is 0 Å². The van der Waals surface area contributed by atoms with Crippen LogP contribution in [0.4, 0.5) is 10.2 Å². The van der Waals surface area contributed by atoms with Crippen molar-refractivity contribution < 1.29 is 4.39 Å². The molecule has 4 heteroatoms. The molecule has 1 aromatic rings. The first-order chi connectivity index (χ1) is 7.18. The van der Waals surface area contributed by atoms with Crippen LogP contribution in [0.15, 0.2) is 12.4 Å². The highest BCUT2D eigenvalue weighted by molar-refractivity contribution is 5.37. The van der Waals surface area contributed by atoms with Gasteiger partial charge in [0.2, 0.25) is 0 Å². The van der Waals surface area contributed by atoms with Crippen molar-refractivity contribution in [1.29, 1.82) is 0 Å². The van der Waals surface area contributed by atoms with Gasteiger partial charge in [0.25, 0.3) is 0 Å². The molecule has 0 amide bonds. The number of nitrogens with zero attached hydrogens (tertiary/aromatic N) is 3. The van der Waals surface area contributed by atoms with Gasteiger partial charge in [-0.15, -0.1) is 0 Å². The number of rotatable bonds is 2. The van der Waals surface area contributed by atoms with Crippen molar-refractivity contribution in [3.8, 4) is 0 Å². The maximum absolute atomic E-state index is 13.5. The van der Waals surface area contributed by atoms with Gasteiger partial charge in [0.1, 0.15) is 12.0 Å². The van der Waals surface area contributed by atoms with Gasteiger partial charge < -0.3 is 4.90 Å². The molecule has 2 rings (SSSR count). The average Bonchev–Trinajstić information content (AvgIpc) is 2.63. The number of hydrogen-bond donors (Lipinski definition) is 0. The molecule has 0 saturated heterocycles. The van der Waals surface area contributed by atoms with Crippen molar-refractivity contribution >= 4 is 5.82 Å². The van der Waals surface area contributed by atoms with Crippen LogP contribution in [-0.4, -0.2) is 29.2 Å². The lowest BCUT2D eigenvalue weighted by Gasteiger charge is -2.26. The van der Waals surface area contributed by atoms with E-state index in [0.717, 1.165) is 24.4 Å². The zero-order chi connectivity index (χ0) is 10.8. The highest BCUT2D eigenvalue weighted by atomic mass is 19.1. The topological polar surface area (TPSA) is 29.0 Å². The lowest BCUT2D eigenvalue weighted by molar-refractivity contribution is 0.306. The maximum Gasteiger partial charge on any atom is 0.147 e. The molecule has 0 spiro atoms. The fraction of sp³-hybridized carbons (Fsp3) is 0.636. The molecule has 1 heterocycles. The van der Waals surface area contributed by atoms with Crippen LogP contribution < -0.4 is 4.90 Å². The van der Waals surface area contributed by atoms with Crippen LogP contribution in [0.3, 0.4) is 0 Å². The molecule has 3 nitrogen and oxygen atoms in total. The largest absolute Gasteiger partial charge is 0.352 e. The van der Waals surface area contributed by atoms with E-state index in [0.29, 0.717) is 6.42 Å². The summed E-state index contributed by atoms with van der Waals surface area (Å²) in [6, 6.07) is -0.0268. The summed E-state index contributed by atoms with van der Waals surface area (Å²) in [7, 11) is 1.89. The van der Waals surface area contributed by atoms with E-state index in [2.05, 4.69) is 9.97 Å². The summed E-state index contributed by atoms with van der Waals surface area (Å²) in [5.74, 6) is 0.768. The minimum absolute atomic E-state index is 0.0268. The summed E-state index contributed by atoms with van der Waals surface area (Å²) >= 11 is 0. The number of hydrogen-bond acceptors (Lipinski definition) is 3. The van der Waals surface area contributed by atoms with Crippen molar-refractivity contribution in [2.24, 2.45) is 0 Å². The number of anilines is 1. The lowest BCUT2D eigenvalue weighted by Crippen LogP contribution is -2.36. The van der Waals surface area contributed by atoms with Gasteiger partial charge in [0.15, 0.2) is 0 Å². The number of aryl methyl sites for hydroxylation is 1. The Morgan fingerprint density at radius 1 is 1.40 bits per heavy atom. The van der Waals surface area contributed by atoms with Gasteiger partial charge in [0.05, 0.1) is 17.9 Å². The Bertz CT molecular complexity index is 342. The summed E-state index contributed by atoms with van der Waals surface area (Å²) in [5.41, 5.74) is 0.868. The monoisotopic (exact) mass is 209 g/mol. The highest BCUT2D eigenvalue weighted by Crippen LogP contribution is 2.28. The molecule has 0 N–H and O–H groups in total. The summed E-state index contributed by atoms with van der Waals surface area (Å²) in [4.78, 5) is 10.3. The third-order valence-corrected chi connectivity index (χ3v) is 3.00. The quantitative estimate of drug-likeness (QED) is 0.747. The first kappa shape index (κ1) is 10.3. The van der Waals surface area contributed by atoms with Gasteiger partial charge in [-0.25, -0.2) is 9.37 Å². The van der Waals surface area contributed by atoms with E-state index in [1.54, 1.807) is 12.4 Å². The average molecular weight is 209 g/mol. The molecular formula is C11H16FN3. The Balaban J connectivity index is 2.16. The van der Waals surface area contributed by atoms with Crippen LogP contribution in [-0.2, 0) is 0 Å². The van der Waals surface area contributed by atoms with E-state index in [9.17, 15) is 4.39 Å². The molecule has 0 aliphatic heterocycles. The Morgan fingerprint density at radius 3 is 2.80 bits per heavy atom. The number of halogens is 1. The Morgan fingerprint density at radius 2 is 2.20 bits per heavy atom. The first-order valence-corrected chi connectivity index (χ1v) is 5.34. The molecule has 0 aromatic carbocycles. The second-order valence-corrected chi connectivity index (χ2v) is 4.14. The van der Waals surface area contributed by atoms with Crippen LogP contribution in [0, 0.1) is 6.92 Å². The smallest absolute Gasteiger partial charge is 0.147 e. The molecular weight excluding hydrogens is 193 g/mol. The fourth-order valence-electron chi connectivity index (χ4n) is 2.12. The molecule has 82 valence electrons. The van der Waals surface area contributed by atoms with Crippen molar-refractivity contribution in [1.82, 2.24) is 9.97 Å². The first-order valence-electron chi connectivity index (χ1n) is 5.34. The van der Waals surface area contributed by atoms with Crippen LogP contribution in [0.2, 0.25) is 0 Å². The molecule has 1 aliphatic rings. The molecule has 2 unspecified atom stereocenters. The zero-order valence-corrected chi connectivity index (χ0v) is 9.15. The summed E-state index contributed by atoms with van der Waals surface area (Å²) in [6.07, 6.45) is 5.23. The van der Waals surface area contributed by atoms with E-state index in [1.165, 1.54) is 0 Å². The van der Waals surface area contributed by atoms with Crippen LogP contribution >= 0.6 is 0 Å². The summed E-state index contributed by atoms with van der Waals surface area (Å²) in [5, 5.41) is 0. The van der Waals surface area contributed by atoms with Crippen LogP contribution in [0.25, 0.3) is 0 Å². The number of aromatic nitrogens is 2. The fourth-order valence-corrected chi connectivity index (χ4v) is 2.12. The predicted molar refractivity (Wildman–Crippen MR) is 57.7 cm³/mol. The van der Waals surface area contributed by atoms with Gasteiger partial charge >= 0.3 is 0 Å². The van der Waals surface area contributed by atoms with Gasteiger partial charge in [-0.3, -0.25) is 4.98 Å². The molecule has 1 aliphatic carbocycles. The lowest BCUT2D eigenvalue weighted by atomic mass is 10.2.